The predicted octanol–water partition coefficient (Wildman–Crippen LogP) is 3.56. The number of aromatic nitrogens is 2. The highest BCUT2D eigenvalue weighted by Crippen LogP contribution is 2.24. The van der Waals surface area contributed by atoms with Gasteiger partial charge in [-0.1, -0.05) is 12.1 Å². The minimum Gasteiger partial charge on any atom is -0.472 e. The Morgan fingerprint density at radius 3 is 2.55 bits per heavy atom. The van der Waals surface area contributed by atoms with Crippen molar-refractivity contribution in [3.8, 4) is 11.6 Å². The van der Waals surface area contributed by atoms with Crippen LogP contribution in [-0.2, 0) is 22.6 Å². The summed E-state index contributed by atoms with van der Waals surface area (Å²) in [6.07, 6.45) is -0.656. The van der Waals surface area contributed by atoms with E-state index in [1.165, 1.54) is 29.9 Å². The molecule has 10 nitrogen and oxygen atoms in total. The van der Waals surface area contributed by atoms with Gasteiger partial charge in [0.15, 0.2) is 0 Å². The van der Waals surface area contributed by atoms with Crippen molar-refractivity contribution >= 4 is 27.9 Å². The molecule has 202 valence electrons. The topological polar surface area (TPSA) is 121 Å². The van der Waals surface area contributed by atoms with Crippen molar-refractivity contribution in [3.63, 3.8) is 0 Å². The Bertz CT molecular complexity index is 1390. The molecule has 2 amide bonds. The molecule has 0 aliphatic rings. The second kappa shape index (κ2) is 13.2. The Hall–Kier alpha value is -3.77. The number of benzene rings is 2. The van der Waals surface area contributed by atoms with E-state index in [4.69, 9.17) is 9.47 Å². The normalized spacial score (nSPS) is 10.7. The number of alkyl carbamates (subject to hydrolysis) is 1. The van der Waals surface area contributed by atoms with E-state index in [9.17, 15) is 18.8 Å². The number of rotatable bonds is 10. The molecule has 12 heteroatoms. The minimum atomic E-state index is -0.656. The maximum absolute atomic E-state index is 13.8. The molecule has 2 aromatic carbocycles. The van der Waals surface area contributed by atoms with Crippen LogP contribution in [0.4, 0.5) is 9.18 Å². The minimum absolute atomic E-state index is 0.0208. The van der Waals surface area contributed by atoms with Crippen molar-refractivity contribution in [2.75, 3.05) is 27.4 Å². The fourth-order valence-corrected chi connectivity index (χ4v) is 3.99. The highest BCUT2D eigenvalue weighted by molar-refractivity contribution is 9.10. The van der Waals surface area contributed by atoms with Crippen LogP contribution in [-0.4, -0.2) is 48.9 Å². The van der Waals surface area contributed by atoms with E-state index >= 15 is 0 Å². The summed E-state index contributed by atoms with van der Waals surface area (Å²) in [6.45, 7) is 4.18. The van der Waals surface area contributed by atoms with Gasteiger partial charge in [-0.3, -0.25) is 14.2 Å². The van der Waals surface area contributed by atoms with E-state index in [1.54, 1.807) is 32.2 Å². The molecule has 0 aliphatic heterocycles. The maximum Gasteiger partial charge on any atom is 0.407 e. The second-order valence-corrected chi connectivity index (χ2v) is 9.01. The smallest absolute Gasteiger partial charge is 0.407 e. The molecule has 0 bridgehead atoms. The Balaban J connectivity index is 1.88. The van der Waals surface area contributed by atoms with Crippen molar-refractivity contribution in [3.05, 3.63) is 85.1 Å². The lowest BCUT2D eigenvalue weighted by molar-refractivity contribution is 0.0937. The van der Waals surface area contributed by atoms with Gasteiger partial charge in [0.1, 0.15) is 22.7 Å². The number of amides is 2. The van der Waals surface area contributed by atoms with Gasteiger partial charge in [0.2, 0.25) is 5.88 Å². The quantitative estimate of drug-likeness (QED) is 0.346. The predicted molar refractivity (Wildman–Crippen MR) is 141 cm³/mol. The number of nitrogens with one attached hydrogen (secondary N) is 2. The summed E-state index contributed by atoms with van der Waals surface area (Å²) < 4.78 is 30.6. The van der Waals surface area contributed by atoms with Gasteiger partial charge in [-0.15, -0.1) is 0 Å². The zero-order valence-electron chi connectivity index (χ0n) is 21.4. The van der Waals surface area contributed by atoms with E-state index in [0.29, 0.717) is 41.4 Å². The fourth-order valence-electron chi connectivity index (χ4n) is 3.61. The molecule has 3 aromatic rings. The van der Waals surface area contributed by atoms with Crippen LogP contribution in [0.25, 0.3) is 5.69 Å². The fraction of sp³-hybridized carbons (Fsp3) is 0.308. The molecule has 1 aromatic heterocycles. The lowest BCUT2D eigenvalue weighted by Crippen LogP contribution is -2.28. The molecule has 38 heavy (non-hydrogen) atoms. The molecule has 1 heterocycles. The van der Waals surface area contributed by atoms with Crippen LogP contribution in [0, 0.1) is 19.7 Å². The second-order valence-electron chi connectivity index (χ2n) is 8.22. The Kier molecular flexibility index (Phi) is 9.97. The SMILES string of the molecule is COCCNC(=O)c1ccc(C)c(-n2c(C)nc(OCc3ccc(F)cc3CNC(=O)OC)c(Br)c2=O)c1. The number of hydrogen-bond acceptors (Lipinski definition) is 7. The lowest BCUT2D eigenvalue weighted by Gasteiger charge is -2.17. The van der Waals surface area contributed by atoms with Gasteiger partial charge in [0.05, 0.1) is 19.4 Å². The molecule has 0 spiro atoms. The van der Waals surface area contributed by atoms with Crippen LogP contribution < -0.4 is 20.9 Å². The maximum atomic E-state index is 13.8. The Labute approximate surface area is 227 Å². The summed E-state index contributed by atoms with van der Waals surface area (Å²) in [5.41, 5.74) is 2.28. The third-order valence-corrected chi connectivity index (χ3v) is 6.29. The van der Waals surface area contributed by atoms with Crippen molar-refractivity contribution in [1.82, 2.24) is 20.2 Å². The average molecular weight is 591 g/mol. The first kappa shape index (κ1) is 28.8. The van der Waals surface area contributed by atoms with E-state index < -0.39 is 17.5 Å². The van der Waals surface area contributed by atoms with E-state index in [2.05, 4.69) is 36.3 Å². The summed E-state index contributed by atoms with van der Waals surface area (Å²) in [7, 11) is 2.78. The van der Waals surface area contributed by atoms with Crippen molar-refractivity contribution in [2.45, 2.75) is 27.0 Å². The molecule has 0 fully saturated rings. The van der Waals surface area contributed by atoms with Crippen molar-refractivity contribution in [1.29, 1.82) is 0 Å². The number of carbonyl (C=O) groups excluding carboxylic acids is 2. The number of carbonyl (C=O) groups is 2. The van der Waals surface area contributed by atoms with Crippen LogP contribution in [0.3, 0.4) is 0 Å². The van der Waals surface area contributed by atoms with Crippen molar-refractivity contribution < 1.29 is 28.2 Å². The van der Waals surface area contributed by atoms with Crippen LogP contribution >= 0.6 is 15.9 Å². The molecule has 2 N–H and O–H groups in total. The summed E-state index contributed by atoms with van der Waals surface area (Å²) in [5, 5.41) is 5.26. The van der Waals surface area contributed by atoms with Crippen molar-refractivity contribution in [2.24, 2.45) is 0 Å². The molecule has 0 saturated heterocycles. The molecule has 0 radical (unpaired) electrons. The van der Waals surface area contributed by atoms with Crippen LogP contribution in [0.5, 0.6) is 5.88 Å². The number of methoxy groups -OCH3 is 2. The van der Waals surface area contributed by atoms with E-state index in [1.807, 2.05) is 6.92 Å². The van der Waals surface area contributed by atoms with Crippen LogP contribution in [0.15, 0.2) is 45.7 Å². The first-order valence-corrected chi connectivity index (χ1v) is 12.3. The molecule has 0 saturated carbocycles. The molecule has 0 atom stereocenters. The standard InChI is InChI=1S/C26H28BrFN4O6/c1-15-5-6-17(23(33)29-9-10-36-3)12-21(15)32-16(2)31-24(22(27)25(32)34)38-14-18-7-8-20(28)11-19(18)13-30-26(35)37-4/h5-8,11-12H,9-10,13-14H2,1-4H3,(H,29,33)(H,30,35). The monoisotopic (exact) mass is 590 g/mol. The van der Waals surface area contributed by atoms with E-state index in [-0.39, 0.29) is 29.4 Å². The van der Waals surface area contributed by atoms with Gasteiger partial charge >= 0.3 is 6.09 Å². The summed E-state index contributed by atoms with van der Waals surface area (Å²) >= 11 is 3.29. The summed E-state index contributed by atoms with van der Waals surface area (Å²) in [6, 6.07) is 9.13. The number of halogens is 2. The first-order valence-electron chi connectivity index (χ1n) is 11.6. The van der Waals surface area contributed by atoms with Gasteiger partial charge in [0, 0.05) is 25.8 Å². The van der Waals surface area contributed by atoms with Gasteiger partial charge in [-0.2, -0.15) is 4.98 Å². The van der Waals surface area contributed by atoms with Gasteiger partial charge in [0.25, 0.3) is 11.5 Å². The molecular formula is C26H28BrFN4O6. The highest BCUT2D eigenvalue weighted by Gasteiger charge is 2.18. The average Bonchev–Trinajstić information content (AvgIpc) is 2.90. The number of hydrogen-bond donors (Lipinski definition) is 2. The molecule has 3 rings (SSSR count). The number of aryl methyl sites for hydroxylation is 2. The highest BCUT2D eigenvalue weighted by atomic mass is 79.9. The molecule has 0 aliphatic carbocycles. The first-order chi connectivity index (χ1) is 18.2. The van der Waals surface area contributed by atoms with Gasteiger partial charge in [-0.05, 0) is 70.7 Å². The Morgan fingerprint density at radius 1 is 1.08 bits per heavy atom. The lowest BCUT2D eigenvalue weighted by atomic mass is 10.1. The van der Waals surface area contributed by atoms with Gasteiger partial charge < -0.3 is 24.8 Å². The van der Waals surface area contributed by atoms with Crippen LogP contribution in [0.2, 0.25) is 0 Å². The third kappa shape index (κ3) is 6.95. The summed E-state index contributed by atoms with van der Waals surface area (Å²) in [5.74, 6) is -0.387. The van der Waals surface area contributed by atoms with Crippen LogP contribution in [0.1, 0.15) is 32.9 Å². The Morgan fingerprint density at radius 2 is 1.84 bits per heavy atom. The zero-order chi connectivity index (χ0) is 27.8. The number of ether oxygens (including phenoxy) is 3. The molecule has 0 unspecified atom stereocenters. The third-order valence-electron chi connectivity index (χ3n) is 5.61. The number of nitrogens with zero attached hydrogens (tertiary/aromatic N) is 2. The largest absolute Gasteiger partial charge is 0.472 e. The van der Waals surface area contributed by atoms with E-state index in [0.717, 1.165) is 5.56 Å². The summed E-state index contributed by atoms with van der Waals surface area (Å²) in [4.78, 5) is 41.8. The zero-order valence-corrected chi connectivity index (χ0v) is 23.0. The van der Waals surface area contributed by atoms with Gasteiger partial charge in [-0.25, -0.2) is 9.18 Å². The molecular weight excluding hydrogens is 563 g/mol.